The first kappa shape index (κ1) is 18.9. The van der Waals surface area contributed by atoms with Crippen LogP contribution in [0.1, 0.15) is 34.1 Å². The van der Waals surface area contributed by atoms with Crippen LogP contribution in [0.2, 0.25) is 0 Å². The van der Waals surface area contributed by atoms with Crippen molar-refractivity contribution in [3.05, 3.63) is 0 Å². The molecule has 0 saturated carbocycles. The van der Waals surface area contributed by atoms with Gasteiger partial charge in [0.2, 0.25) is 5.91 Å². The quantitative estimate of drug-likeness (QED) is 0.695. The van der Waals surface area contributed by atoms with Crippen molar-refractivity contribution in [1.29, 1.82) is 0 Å². The number of amides is 1. The molecule has 118 valence electrons. The van der Waals surface area contributed by atoms with Gasteiger partial charge in [-0.2, -0.15) is 0 Å². The number of carbonyl (C=O) groups excluding carboxylic acids is 1. The number of hydrogen-bond acceptors (Lipinski definition) is 5. The molecule has 2 unspecified atom stereocenters. The van der Waals surface area contributed by atoms with E-state index in [0.717, 1.165) is 6.26 Å². The molecular formula is C12H23NO6S. The van der Waals surface area contributed by atoms with Crippen LogP contribution < -0.4 is 5.32 Å². The van der Waals surface area contributed by atoms with Crippen LogP contribution in [0, 0.1) is 0 Å². The topological polar surface area (TPSA) is 110 Å². The fourth-order valence-corrected chi connectivity index (χ4v) is 1.68. The summed E-state index contributed by atoms with van der Waals surface area (Å²) in [5.41, 5.74) is -0.410. The summed E-state index contributed by atoms with van der Waals surface area (Å²) in [6, 6.07) is -1.17. The maximum absolute atomic E-state index is 11.7. The number of carboxylic acid groups (broad SMARTS) is 1. The summed E-state index contributed by atoms with van der Waals surface area (Å²) in [5, 5.41) is 9.94. The number of nitrogens with one attached hydrogen (secondary N) is 1. The summed E-state index contributed by atoms with van der Waals surface area (Å²) in [5.74, 6) is -2.05. The van der Waals surface area contributed by atoms with Gasteiger partial charge in [0.1, 0.15) is 11.3 Å². The summed E-state index contributed by atoms with van der Waals surface area (Å²) in [7, 11) is -3.55. The van der Waals surface area contributed by atoms with E-state index < -0.39 is 38.6 Å². The van der Waals surface area contributed by atoms with Crippen LogP contribution in [0.3, 0.4) is 0 Å². The second-order valence-electron chi connectivity index (χ2n) is 5.62. The first-order valence-corrected chi connectivity index (χ1v) is 8.16. The number of hydrogen-bond donors (Lipinski definition) is 2. The zero-order valence-corrected chi connectivity index (χ0v) is 13.3. The van der Waals surface area contributed by atoms with E-state index in [4.69, 9.17) is 9.84 Å². The van der Waals surface area contributed by atoms with Gasteiger partial charge in [0.05, 0.1) is 5.60 Å². The van der Waals surface area contributed by atoms with Crippen LogP contribution in [0.5, 0.6) is 0 Å². The molecule has 2 N–H and O–H groups in total. The molecule has 0 heterocycles. The highest BCUT2D eigenvalue weighted by Crippen LogP contribution is 2.08. The fourth-order valence-electron chi connectivity index (χ4n) is 1.22. The van der Waals surface area contributed by atoms with E-state index in [0.29, 0.717) is 0 Å². The van der Waals surface area contributed by atoms with Crippen LogP contribution >= 0.6 is 0 Å². The predicted octanol–water partition coefficient (Wildman–Crippen LogP) is 0.194. The van der Waals surface area contributed by atoms with Crippen molar-refractivity contribution in [2.24, 2.45) is 0 Å². The largest absolute Gasteiger partial charge is 0.480 e. The molecule has 0 bridgehead atoms. The van der Waals surface area contributed by atoms with Crippen molar-refractivity contribution in [2.75, 3.05) is 12.9 Å². The lowest BCUT2D eigenvalue weighted by molar-refractivity contribution is -0.142. The molecule has 0 aliphatic heterocycles. The fraction of sp³-hybridized carbons (Fsp3) is 0.833. The monoisotopic (exact) mass is 309 g/mol. The zero-order chi connectivity index (χ0) is 16.1. The Morgan fingerprint density at radius 2 is 1.80 bits per heavy atom. The van der Waals surface area contributed by atoms with Crippen LogP contribution in [-0.4, -0.2) is 55.2 Å². The molecule has 0 aromatic rings. The lowest BCUT2D eigenvalue weighted by Gasteiger charge is -2.22. The zero-order valence-electron chi connectivity index (χ0n) is 12.5. The van der Waals surface area contributed by atoms with Crippen LogP contribution in [0.15, 0.2) is 0 Å². The van der Waals surface area contributed by atoms with E-state index in [9.17, 15) is 18.0 Å². The van der Waals surface area contributed by atoms with Gasteiger partial charge in [-0.25, -0.2) is 13.2 Å². The lowest BCUT2D eigenvalue weighted by atomic mass is 10.1. The highest BCUT2D eigenvalue weighted by atomic mass is 32.2. The Balaban J connectivity index is 4.57. The van der Waals surface area contributed by atoms with E-state index in [-0.39, 0.29) is 13.0 Å². The maximum Gasteiger partial charge on any atom is 0.326 e. The van der Waals surface area contributed by atoms with E-state index in [1.807, 2.05) is 20.8 Å². The van der Waals surface area contributed by atoms with Crippen LogP contribution in [0.25, 0.3) is 0 Å². The summed E-state index contributed by atoms with van der Waals surface area (Å²) in [6.07, 6.45) is 0.991. The Morgan fingerprint density at radius 1 is 1.30 bits per heavy atom. The van der Waals surface area contributed by atoms with Crippen molar-refractivity contribution in [3.8, 4) is 0 Å². The first-order chi connectivity index (χ1) is 8.84. The second-order valence-corrected chi connectivity index (χ2v) is 7.99. The van der Waals surface area contributed by atoms with E-state index in [2.05, 4.69) is 5.32 Å². The smallest absolute Gasteiger partial charge is 0.326 e. The molecule has 0 saturated heterocycles. The number of sulfone groups is 1. The molecule has 8 heteroatoms. The molecule has 0 aromatic heterocycles. The average molecular weight is 309 g/mol. The number of carboxylic acids is 1. The van der Waals surface area contributed by atoms with Gasteiger partial charge in [-0.05, 0) is 27.7 Å². The minimum Gasteiger partial charge on any atom is -0.480 e. The van der Waals surface area contributed by atoms with Gasteiger partial charge < -0.3 is 15.2 Å². The van der Waals surface area contributed by atoms with E-state index >= 15 is 0 Å². The van der Waals surface area contributed by atoms with Gasteiger partial charge in [-0.15, -0.1) is 0 Å². The van der Waals surface area contributed by atoms with E-state index in [1.54, 1.807) is 0 Å². The Labute approximate surface area is 119 Å². The second kappa shape index (κ2) is 7.03. The highest BCUT2D eigenvalue weighted by Gasteiger charge is 2.28. The number of carbonyl (C=O) groups is 2. The maximum atomic E-state index is 11.7. The minimum atomic E-state index is -3.55. The number of rotatable bonds is 7. The summed E-state index contributed by atoms with van der Waals surface area (Å²) < 4.78 is 27.9. The Morgan fingerprint density at radius 3 is 2.15 bits per heavy atom. The summed E-state index contributed by atoms with van der Waals surface area (Å²) >= 11 is 0. The van der Waals surface area contributed by atoms with Crippen molar-refractivity contribution in [1.82, 2.24) is 5.32 Å². The highest BCUT2D eigenvalue weighted by molar-refractivity contribution is 7.92. The molecule has 20 heavy (non-hydrogen) atoms. The van der Waals surface area contributed by atoms with Gasteiger partial charge >= 0.3 is 5.97 Å². The van der Waals surface area contributed by atoms with Crippen LogP contribution in [-0.2, 0) is 24.2 Å². The Bertz CT molecular complexity index is 451. The lowest BCUT2D eigenvalue weighted by Crippen LogP contribution is -2.47. The SMILES string of the molecule is CC(C(=O)NC(CCOC(C)(C)C)C(=O)O)S(C)(=O)=O. The molecule has 7 nitrogen and oxygen atoms in total. The van der Waals surface area contributed by atoms with Gasteiger partial charge in [0.15, 0.2) is 9.84 Å². The van der Waals surface area contributed by atoms with Crippen molar-refractivity contribution >= 4 is 21.7 Å². The molecule has 0 aromatic carbocycles. The van der Waals surface area contributed by atoms with Gasteiger partial charge in [-0.1, -0.05) is 0 Å². The predicted molar refractivity (Wildman–Crippen MR) is 74.2 cm³/mol. The minimum absolute atomic E-state index is 0.0643. The van der Waals surface area contributed by atoms with Gasteiger partial charge in [0.25, 0.3) is 0 Å². The normalized spacial score (nSPS) is 15.4. The third kappa shape index (κ3) is 7.44. The molecule has 0 spiro atoms. The number of ether oxygens (including phenoxy) is 1. The van der Waals surface area contributed by atoms with Crippen molar-refractivity contribution in [3.63, 3.8) is 0 Å². The van der Waals surface area contributed by atoms with Gasteiger partial charge in [-0.3, -0.25) is 4.79 Å². The molecule has 0 rings (SSSR count). The Hall–Kier alpha value is -1.15. The van der Waals surface area contributed by atoms with Gasteiger partial charge in [0, 0.05) is 19.3 Å². The first-order valence-electron chi connectivity index (χ1n) is 6.20. The summed E-state index contributed by atoms with van der Waals surface area (Å²) in [4.78, 5) is 22.7. The van der Waals surface area contributed by atoms with Crippen molar-refractivity contribution in [2.45, 2.75) is 51.0 Å². The Kier molecular flexibility index (Phi) is 6.63. The molecule has 2 atom stereocenters. The van der Waals surface area contributed by atoms with E-state index in [1.165, 1.54) is 6.92 Å². The summed E-state index contributed by atoms with van der Waals surface area (Å²) in [6.45, 7) is 6.84. The third-order valence-electron chi connectivity index (χ3n) is 2.57. The molecule has 0 fully saturated rings. The molecular weight excluding hydrogens is 286 g/mol. The molecule has 0 aliphatic carbocycles. The number of aliphatic carboxylic acids is 1. The average Bonchev–Trinajstić information content (AvgIpc) is 2.23. The molecule has 0 aliphatic rings. The molecule has 0 radical (unpaired) electrons. The standard InChI is InChI=1S/C12H23NO6S/c1-8(20(5,17)18)10(14)13-9(11(15)16)6-7-19-12(2,3)4/h8-9H,6-7H2,1-5H3,(H,13,14)(H,15,16). The molecule has 1 amide bonds. The van der Waals surface area contributed by atoms with Crippen LogP contribution in [0.4, 0.5) is 0 Å². The third-order valence-corrected chi connectivity index (χ3v) is 4.07. The van der Waals surface area contributed by atoms with Crippen molar-refractivity contribution < 1.29 is 27.9 Å².